The Hall–Kier alpha value is -1.59. The largest absolute Gasteiger partial charge is 0.466 e. The van der Waals surface area contributed by atoms with Gasteiger partial charge in [0.05, 0.1) is 6.61 Å². The topological polar surface area (TPSA) is 66.9 Å². The zero-order valence-corrected chi connectivity index (χ0v) is 11.7. The molecule has 1 rings (SSSR count). The first-order chi connectivity index (χ1) is 9.06. The highest BCUT2D eigenvalue weighted by molar-refractivity contribution is 6.35. The van der Waals surface area contributed by atoms with Gasteiger partial charge in [0.1, 0.15) is 0 Å². The van der Waals surface area contributed by atoms with Gasteiger partial charge in [0.25, 0.3) is 0 Å². The highest BCUT2D eigenvalue weighted by Gasteiger charge is 2.29. The standard InChI is InChI=1S/C13H22N2O4/c1-3-19-11(16)7-5-4-6-8-15-10-9-14(2)12(17)13(15)18/h3-10H2,1-2H3. The third-order valence-electron chi connectivity index (χ3n) is 3.14. The lowest BCUT2D eigenvalue weighted by molar-refractivity contribution is -0.154. The normalized spacial score (nSPS) is 15.9. The van der Waals surface area contributed by atoms with E-state index in [0.717, 1.165) is 19.3 Å². The highest BCUT2D eigenvalue weighted by Crippen LogP contribution is 2.07. The minimum Gasteiger partial charge on any atom is -0.466 e. The van der Waals surface area contributed by atoms with Crippen LogP contribution in [-0.4, -0.2) is 60.9 Å². The fourth-order valence-electron chi connectivity index (χ4n) is 1.97. The van der Waals surface area contributed by atoms with Gasteiger partial charge in [-0.05, 0) is 19.8 Å². The summed E-state index contributed by atoms with van der Waals surface area (Å²) in [4.78, 5) is 37.2. The van der Waals surface area contributed by atoms with E-state index in [0.29, 0.717) is 32.7 Å². The smallest absolute Gasteiger partial charge is 0.312 e. The third-order valence-corrected chi connectivity index (χ3v) is 3.14. The summed E-state index contributed by atoms with van der Waals surface area (Å²) in [6.07, 6.45) is 2.84. The Kier molecular flexibility index (Phi) is 6.32. The summed E-state index contributed by atoms with van der Waals surface area (Å²) in [5, 5.41) is 0. The molecule has 0 radical (unpaired) electrons. The molecule has 1 fully saturated rings. The van der Waals surface area contributed by atoms with Crippen LogP contribution in [0, 0.1) is 0 Å². The van der Waals surface area contributed by atoms with Crippen LogP contribution in [0.3, 0.4) is 0 Å². The third kappa shape index (κ3) is 4.89. The van der Waals surface area contributed by atoms with Crippen molar-refractivity contribution in [2.45, 2.75) is 32.6 Å². The predicted octanol–water partition coefficient (Wildman–Crippen LogP) is 0.410. The number of rotatable bonds is 7. The SMILES string of the molecule is CCOC(=O)CCCCCN1CCN(C)C(=O)C1=O. The van der Waals surface area contributed by atoms with Crippen molar-refractivity contribution in [1.29, 1.82) is 0 Å². The summed E-state index contributed by atoms with van der Waals surface area (Å²) < 4.78 is 4.83. The lowest BCUT2D eigenvalue weighted by Gasteiger charge is -2.31. The Morgan fingerprint density at radius 3 is 2.58 bits per heavy atom. The molecule has 6 nitrogen and oxygen atoms in total. The molecule has 0 aliphatic carbocycles. The van der Waals surface area contributed by atoms with Crippen LogP contribution in [0.1, 0.15) is 32.6 Å². The number of amides is 2. The predicted molar refractivity (Wildman–Crippen MR) is 69.3 cm³/mol. The molecular weight excluding hydrogens is 248 g/mol. The minimum absolute atomic E-state index is 0.173. The Balaban J connectivity index is 2.14. The molecule has 1 saturated heterocycles. The van der Waals surface area contributed by atoms with Gasteiger partial charge in [-0.15, -0.1) is 0 Å². The minimum atomic E-state index is -0.433. The monoisotopic (exact) mass is 270 g/mol. The molecule has 0 aromatic rings. The van der Waals surface area contributed by atoms with Crippen LogP contribution in [0.5, 0.6) is 0 Å². The number of hydrogen-bond donors (Lipinski definition) is 0. The molecule has 0 aromatic carbocycles. The van der Waals surface area contributed by atoms with E-state index in [9.17, 15) is 14.4 Å². The molecule has 0 bridgehead atoms. The lowest BCUT2D eigenvalue weighted by Crippen LogP contribution is -2.52. The van der Waals surface area contributed by atoms with Crippen LogP contribution in [-0.2, 0) is 19.1 Å². The number of likely N-dealkylation sites (N-methyl/N-ethyl adjacent to an activating group) is 1. The van der Waals surface area contributed by atoms with Crippen LogP contribution in [0.2, 0.25) is 0 Å². The van der Waals surface area contributed by atoms with Crippen molar-refractivity contribution < 1.29 is 19.1 Å². The van der Waals surface area contributed by atoms with Crippen molar-refractivity contribution in [3.63, 3.8) is 0 Å². The number of ether oxygens (including phenoxy) is 1. The quantitative estimate of drug-likeness (QED) is 0.382. The van der Waals surface area contributed by atoms with Crippen LogP contribution in [0.15, 0.2) is 0 Å². The molecule has 2 amide bonds. The van der Waals surface area contributed by atoms with Gasteiger partial charge in [-0.3, -0.25) is 14.4 Å². The molecule has 0 aromatic heterocycles. The Morgan fingerprint density at radius 2 is 1.89 bits per heavy atom. The maximum atomic E-state index is 11.7. The molecule has 0 N–H and O–H groups in total. The Bertz CT molecular complexity index is 344. The van der Waals surface area contributed by atoms with E-state index in [4.69, 9.17) is 4.74 Å². The Morgan fingerprint density at radius 1 is 1.16 bits per heavy atom. The van der Waals surface area contributed by atoms with Gasteiger partial charge in [0.2, 0.25) is 0 Å². The van der Waals surface area contributed by atoms with E-state index >= 15 is 0 Å². The Labute approximate surface area is 113 Å². The molecule has 6 heteroatoms. The summed E-state index contributed by atoms with van der Waals surface area (Å²) in [7, 11) is 1.64. The van der Waals surface area contributed by atoms with E-state index in [1.807, 2.05) is 0 Å². The van der Waals surface area contributed by atoms with Crippen molar-refractivity contribution in [2.75, 3.05) is 33.3 Å². The highest BCUT2D eigenvalue weighted by atomic mass is 16.5. The second-order valence-corrected chi connectivity index (χ2v) is 4.63. The first kappa shape index (κ1) is 15.5. The fourth-order valence-corrected chi connectivity index (χ4v) is 1.97. The summed E-state index contributed by atoms with van der Waals surface area (Å²) in [5.74, 6) is -1.02. The molecule has 0 saturated carbocycles. The van der Waals surface area contributed by atoms with Crippen LogP contribution < -0.4 is 0 Å². The van der Waals surface area contributed by atoms with Crippen LogP contribution in [0.4, 0.5) is 0 Å². The molecule has 19 heavy (non-hydrogen) atoms. The maximum Gasteiger partial charge on any atom is 0.312 e. The van der Waals surface area contributed by atoms with E-state index in [-0.39, 0.29) is 5.97 Å². The average Bonchev–Trinajstić information content (AvgIpc) is 2.38. The van der Waals surface area contributed by atoms with Crippen molar-refractivity contribution in [3.05, 3.63) is 0 Å². The summed E-state index contributed by atoms with van der Waals surface area (Å²) >= 11 is 0. The molecule has 0 atom stereocenters. The number of carbonyl (C=O) groups is 3. The lowest BCUT2D eigenvalue weighted by atomic mass is 10.2. The second kappa shape index (κ2) is 7.76. The fraction of sp³-hybridized carbons (Fsp3) is 0.769. The first-order valence-electron chi connectivity index (χ1n) is 6.76. The van der Waals surface area contributed by atoms with E-state index in [1.54, 1.807) is 18.9 Å². The van der Waals surface area contributed by atoms with Crippen LogP contribution >= 0.6 is 0 Å². The van der Waals surface area contributed by atoms with Crippen molar-refractivity contribution in [1.82, 2.24) is 9.80 Å². The summed E-state index contributed by atoms with van der Waals surface area (Å²) in [6.45, 7) is 3.97. The van der Waals surface area contributed by atoms with Gasteiger partial charge in [-0.2, -0.15) is 0 Å². The van der Waals surface area contributed by atoms with Gasteiger partial charge in [-0.25, -0.2) is 0 Å². The number of esters is 1. The number of nitrogens with zero attached hydrogens (tertiary/aromatic N) is 2. The summed E-state index contributed by atoms with van der Waals surface area (Å²) in [6, 6.07) is 0. The van der Waals surface area contributed by atoms with Crippen molar-refractivity contribution >= 4 is 17.8 Å². The van der Waals surface area contributed by atoms with E-state index < -0.39 is 11.8 Å². The molecule has 0 unspecified atom stereocenters. The molecule has 1 aliphatic rings. The summed E-state index contributed by atoms with van der Waals surface area (Å²) in [5.41, 5.74) is 0. The van der Waals surface area contributed by atoms with E-state index in [1.165, 1.54) is 4.90 Å². The number of carbonyl (C=O) groups excluding carboxylic acids is 3. The number of unbranched alkanes of at least 4 members (excludes halogenated alkanes) is 2. The average molecular weight is 270 g/mol. The van der Waals surface area contributed by atoms with Gasteiger partial charge >= 0.3 is 17.8 Å². The number of hydrogen-bond acceptors (Lipinski definition) is 4. The van der Waals surface area contributed by atoms with Crippen molar-refractivity contribution in [3.8, 4) is 0 Å². The second-order valence-electron chi connectivity index (χ2n) is 4.63. The van der Waals surface area contributed by atoms with Crippen molar-refractivity contribution in [2.24, 2.45) is 0 Å². The maximum absolute atomic E-state index is 11.7. The molecule has 1 aliphatic heterocycles. The van der Waals surface area contributed by atoms with Gasteiger partial charge < -0.3 is 14.5 Å². The molecular formula is C13H22N2O4. The number of piperazine rings is 1. The zero-order chi connectivity index (χ0) is 14.3. The zero-order valence-electron chi connectivity index (χ0n) is 11.7. The van der Waals surface area contributed by atoms with Gasteiger partial charge in [0.15, 0.2) is 0 Å². The van der Waals surface area contributed by atoms with Gasteiger partial charge in [-0.1, -0.05) is 6.42 Å². The first-order valence-corrected chi connectivity index (χ1v) is 6.76. The molecule has 0 spiro atoms. The van der Waals surface area contributed by atoms with E-state index in [2.05, 4.69) is 0 Å². The molecule has 1 heterocycles. The van der Waals surface area contributed by atoms with Crippen LogP contribution in [0.25, 0.3) is 0 Å². The molecule has 108 valence electrons. The van der Waals surface area contributed by atoms with Gasteiger partial charge in [0, 0.05) is 33.1 Å².